The number of aromatic nitrogens is 3. The van der Waals surface area contributed by atoms with E-state index >= 15 is 0 Å². The fourth-order valence-corrected chi connectivity index (χ4v) is 4.16. The third-order valence-corrected chi connectivity index (χ3v) is 5.80. The Labute approximate surface area is 192 Å². The highest BCUT2D eigenvalue weighted by atomic mass is 19.1. The molecule has 1 aliphatic rings. The molecule has 1 fully saturated rings. The van der Waals surface area contributed by atoms with Gasteiger partial charge in [-0.1, -0.05) is 0 Å². The van der Waals surface area contributed by atoms with Crippen LogP contribution in [-0.2, 0) is 0 Å². The van der Waals surface area contributed by atoms with Crippen LogP contribution >= 0.6 is 0 Å². The Bertz CT molecular complexity index is 1390. The minimum absolute atomic E-state index is 0.123. The molecule has 0 radical (unpaired) electrons. The van der Waals surface area contributed by atoms with Crippen molar-refractivity contribution in [1.29, 1.82) is 0 Å². The van der Waals surface area contributed by atoms with E-state index in [0.29, 0.717) is 54.8 Å². The first kappa shape index (κ1) is 22.1. The second kappa shape index (κ2) is 9.27. The van der Waals surface area contributed by atoms with Gasteiger partial charge in [0.2, 0.25) is 0 Å². The van der Waals surface area contributed by atoms with Gasteiger partial charge in [0.25, 0.3) is 0 Å². The van der Waals surface area contributed by atoms with Gasteiger partial charge in [0.05, 0.1) is 23.2 Å². The minimum Gasteiger partial charge on any atom is -0.408 e. The van der Waals surface area contributed by atoms with E-state index in [0.717, 1.165) is 0 Å². The Morgan fingerprint density at radius 3 is 2.68 bits per heavy atom. The molecular weight excluding hydrogens is 446 g/mol. The number of rotatable bonds is 6. The molecular formula is C23H22F2N6O3. The molecule has 0 amide bonds. The fourth-order valence-electron chi connectivity index (χ4n) is 4.16. The Kier molecular flexibility index (Phi) is 6.03. The average Bonchev–Trinajstić information content (AvgIpc) is 2.83. The van der Waals surface area contributed by atoms with E-state index in [4.69, 9.17) is 4.42 Å². The van der Waals surface area contributed by atoms with Crippen molar-refractivity contribution in [3.8, 4) is 0 Å². The molecule has 0 bridgehead atoms. The molecule has 4 heterocycles. The maximum atomic E-state index is 13.7. The standard InChI is InChI=1S/C23H22F2N6O3/c24-14-1-2-20-18(9-14)21(29-23(33)34-20)28-12-16(32)13-30-5-7-31(8-6-30)22-17-10-15(25)11-27-19(17)3-4-26-22/h1-4,9-11,16,32H,5-8,12-13H2,(H,28,29,33). The van der Waals surface area contributed by atoms with Crippen molar-refractivity contribution in [2.75, 3.05) is 49.5 Å². The molecule has 0 spiro atoms. The molecule has 1 aliphatic heterocycles. The topological polar surface area (TPSA) is 108 Å². The molecule has 3 aromatic heterocycles. The zero-order valence-corrected chi connectivity index (χ0v) is 18.1. The number of piperazine rings is 1. The quantitative estimate of drug-likeness (QED) is 0.439. The van der Waals surface area contributed by atoms with Crippen molar-refractivity contribution < 1.29 is 18.3 Å². The van der Waals surface area contributed by atoms with Crippen molar-refractivity contribution in [1.82, 2.24) is 19.9 Å². The molecule has 11 heteroatoms. The van der Waals surface area contributed by atoms with Gasteiger partial charge in [0.15, 0.2) is 0 Å². The molecule has 0 saturated carbocycles. The third-order valence-electron chi connectivity index (χ3n) is 5.80. The summed E-state index contributed by atoms with van der Waals surface area (Å²) < 4.78 is 32.3. The summed E-state index contributed by atoms with van der Waals surface area (Å²) in [6.45, 7) is 3.20. The number of halogens is 2. The highest BCUT2D eigenvalue weighted by Gasteiger charge is 2.22. The Morgan fingerprint density at radius 2 is 1.85 bits per heavy atom. The largest absolute Gasteiger partial charge is 0.441 e. The summed E-state index contributed by atoms with van der Waals surface area (Å²) in [7, 11) is 0. The number of aliphatic hydroxyl groups is 1. The fraction of sp³-hybridized carbons (Fsp3) is 0.304. The van der Waals surface area contributed by atoms with Crippen molar-refractivity contribution in [2.24, 2.45) is 0 Å². The first-order valence-corrected chi connectivity index (χ1v) is 10.9. The first-order valence-electron chi connectivity index (χ1n) is 10.9. The molecule has 4 aromatic rings. The predicted molar refractivity (Wildman–Crippen MR) is 123 cm³/mol. The van der Waals surface area contributed by atoms with E-state index in [1.165, 1.54) is 30.5 Å². The van der Waals surface area contributed by atoms with Gasteiger partial charge < -0.3 is 19.7 Å². The van der Waals surface area contributed by atoms with E-state index in [1.54, 1.807) is 12.3 Å². The van der Waals surface area contributed by atoms with Crippen LogP contribution in [0.2, 0.25) is 0 Å². The maximum Gasteiger partial charge on any atom is 0.441 e. The summed E-state index contributed by atoms with van der Waals surface area (Å²) >= 11 is 0. The molecule has 1 atom stereocenters. The minimum atomic E-state index is -0.802. The number of fused-ring (bicyclic) bond motifs is 2. The predicted octanol–water partition coefficient (Wildman–Crippen LogP) is 2.00. The van der Waals surface area contributed by atoms with Crippen LogP contribution in [-0.4, -0.2) is 70.3 Å². The molecule has 34 heavy (non-hydrogen) atoms. The Hall–Kier alpha value is -3.70. The molecule has 2 N–H and O–H groups in total. The van der Waals surface area contributed by atoms with Gasteiger partial charge in [-0.25, -0.2) is 18.6 Å². The zero-order chi connectivity index (χ0) is 23.7. The lowest BCUT2D eigenvalue weighted by atomic mass is 10.2. The lowest BCUT2D eigenvalue weighted by Gasteiger charge is -2.36. The van der Waals surface area contributed by atoms with Gasteiger partial charge in [-0.3, -0.25) is 9.88 Å². The summed E-state index contributed by atoms with van der Waals surface area (Å²) in [6, 6.07) is 6.98. The van der Waals surface area contributed by atoms with E-state index in [-0.39, 0.29) is 17.9 Å². The van der Waals surface area contributed by atoms with Crippen molar-refractivity contribution >= 4 is 33.5 Å². The number of aliphatic hydroxyl groups excluding tert-OH is 1. The Morgan fingerprint density at radius 1 is 1.06 bits per heavy atom. The number of nitrogens with one attached hydrogen (secondary N) is 1. The highest BCUT2D eigenvalue weighted by molar-refractivity contribution is 5.89. The lowest BCUT2D eigenvalue weighted by molar-refractivity contribution is 0.118. The average molecular weight is 468 g/mol. The number of β-amino-alcohol motifs (C(OH)–C–C–N with tert-alkyl or cyclic N) is 1. The number of benzene rings is 1. The van der Waals surface area contributed by atoms with E-state index in [2.05, 4.69) is 30.1 Å². The van der Waals surface area contributed by atoms with Gasteiger partial charge in [0, 0.05) is 50.9 Å². The molecule has 176 valence electrons. The van der Waals surface area contributed by atoms with E-state index in [1.807, 2.05) is 0 Å². The van der Waals surface area contributed by atoms with Crippen LogP contribution < -0.4 is 16.0 Å². The number of nitrogens with zero attached hydrogens (tertiary/aromatic N) is 5. The van der Waals surface area contributed by atoms with Crippen LogP contribution in [0.15, 0.2) is 51.9 Å². The highest BCUT2D eigenvalue weighted by Crippen LogP contribution is 2.25. The Balaban J connectivity index is 1.19. The van der Waals surface area contributed by atoms with Crippen molar-refractivity contribution in [3.63, 3.8) is 0 Å². The van der Waals surface area contributed by atoms with Crippen LogP contribution in [0.5, 0.6) is 0 Å². The lowest BCUT2D eigenvalue weighted by Crippen LogP contribution is -2.49. The monoisotopic (exact) mass is 468 g/mol. The number of anilines is 2. The maximum absolute atomic E-state index is 13.7. The normalized spacial score (nSPS) is 15.7. The smallest absolute Gasteiger partial charge is 0.408 e. The summed E-state index contributed by atoms with van der Waals surface area (Å²) in [5.74, 6) is -0.831. The van der Waals surface area contributed by atoms with Gasteiger partial charge in [-0.05, 0) is 30.3 Å². The summed E-state index contributed by atoms with van der Waals surface area (Å²) in [5, 5.41) is 14.5. The van der Waals surface area contributed by atoms with Crippen LogP contribution in [0.1, 0.15) is 0 Å². The van der Waals surface area contributed by atoms with Gasteiger partial charge in [-0.15, -0.1) is 0 Å². The first-order chi connectivity index (χ1) is 16.5. The molecule has 5 rings (SSSR count). The summed E-state index contributed by atoms with van der Waals surface area (Å²) in [4.78, 5) is 28.2. The molecule has 1 aromatic carbocycles. The number of hydrogen-bond acceptors (Lipinski definition) is 9. The van der Waals surface area contributed by atoms with Crippen molar-refractivity contribution in [3.05, 3.63) is 64.9 Å². The van der Waals surface area contributed by atoms with Crippen molar-refractivity contribution in [2.45, 2.75) is 6.10 Å². The van der Waals surface area contributed by atoms with Crippen LogP contribution in [0.3, 0.4) is 0 Å². The van der Waals surface area contributed by atoms with E-state index < -0.39 is 23.5 Å². The summed E-state index contributed by atoms with van der Waals surface area (Å²) in [5.41, 5.74) is 0.901. The van der Waals surface area contributed by atoms with Crippen LogP contribution in [0.4, 0.5) is 20.4 Å². The molecule has 1 saturated heterocycles. The van der Waals surface area contributed by atoms with Crippen LogP contribution in [0, 0.1) is 11.6 Å². The SMILES string of the molecule is O=c1nc(NCC(O)CN2CCN(c3nccc4ncc(F)cc34)CC2)c2cc(F)ccc2o1. The van der Waals surface area contributed by atoms with Crippen LogP contribution in [0.25, 0.3) is 21.9 Å². The second-order valence-electron chi connectivity index (χ2n) is 8.15. The molecule has 9 nitrogen and oxygen atoms in total. The summed E-state index contributed by atoms with van der Waals surface area (Å²) in [6.07, 6.45) is 2.10. The number of pyridine rings is 2. The van der Waals surface area contributed by atoms with Gasteiger partial charge in [0.1, 0.15) is 28.9 Å². The molecule has 1 unspecified atom stereocenters. The van der Waals surface area contributed by atoms with Gasteiger partial charge in [-0.2, -0.15) is 4.98 Å². The van der Waals surface area contributed by atoms with Gasteiger partial charge >= 0.3 is 5.76 Å². The van der Waals surface area contributed by atoms with E-state index in [9.17, 15) is 18.7 Å². The molecule has 0 aliphatic carbocycles. The second-order valence-corrected chi connectivity index (χ2v) is 8.15. The zero-order valence-electron chi connectivity index (χ0n) is 18.1. The third kappa shape index (κ3) is 4.66. The number of hydrogen-bond donors (Lipinski definition) is 2.